The summed E-state index contributed by atoms with van der Waals surface area (Å²) in [5.74, 6) is 0. The highest BCUT2D eigenvalue weighted by Crippen LogP contribution is 2.23. The normalized spacial score (nSPS) is 22.7. The molecule has 1 heterocycles. The molecule has 6 nitrogen and oxygen atoms in total. The first kappa shape index (κ1) is 17.3. The molecule has 1 aliphatic carbocycles. The van der Waals surface area contributed by atoms with Crippen LogP contribution in [0.5, 0.6) is 0 Å². The van der Waals surface area contributed by atoms with Crippen LogP contribution < -0.4 is 4.80 Å². The fraction of sp³-hybridized carbons (Fsp3) is 0.500. The zero-order valence-corrected chi connectivity index (χ0v) is 15.3. The number of aliphatic hydroxyl groups excluding tert-OH is 1. The van der Waals surface area contributed by atoms with Gasteiger partial charge in [-0.2, -0.15) is 5.10 Å². The summed E-state index contributed by atoms with van der Waals surface area (Å²) < 4.78 is 24.8. The van der Waals surface area contributed by atoms with Gasteiger partial charge in [-0.15, -0.1) is 0 Å². The standard InChI is InChI=1S/C16H21N3O3S2/c1-19-16(17-13-5-3-4-6-14(13)20)23-15(18-19)11-7-9-12(10-8-11)24(2,21)22/h7-10,13-14,20H,3-6H2,1-2H3. The van der Waals surface area contributed by atoms with Gasteiger partial charge in [-0.3, -0.25) is 4.99 Å². The smallest absolute Gasteiger partial charge is 0.203 e. The average Bonchev–Trinajstić information content (AvgIpc) is 2.90. The zero-order valence-electron chi connectivity index (χ0n) is 13.7. The van der Waals surface area contributed by atoms with E-state index in [1.807, 2.05) is 7.05 Å². The molecule has 3 rings (SSSR count). The Morgan fingerprint density at radius 3 is 2.54 bits per heavy atom. The Hall–Kier alpha value is -1.51. The third kappa shape index (κ3) is 3.76. The van der Waals surface area contributed by atoms with E-state index in [9.17, 15) is 13.5 Å². The Bertz CT molecular complexity index is 882. The first-order valence-electron chi connectivity index (χ1n) is 7.91. The van der Waals surface area contributed by atoms with Gasteiger partial charge >= 0.3 is 0 Å². The molecule has 0 amide bonds. The van der Waals surface area contributed by atoms with Crippen LogP contribution in [-0.4, -0.2) is 41.7 Å². The summed E-state index contributed by atoms with van der Waals surface area (Å²) in [6.07, 6.45) is 4.66. The van der Waals surface area contributed by atoms with Gasteiger partial charge in [0.1, 0.15) is 5.01 Å². The van der Waals surface area contributed by atoms with Gasteiger partial charge < -0.3 is 5.11 Å². The monoisotopic (exact) mass is 367 g/mol. The van der Waals surface area contributed by atoms with Crippen molar-refractivity contribution in [2.75, 3.05) is 6.26 Å². The molecule has 8 heteroatoms. The van der Waals surface area contributed by atoms with Crippen LogP contribution in [-0.2, 0) is 16.9 Å². The number of hydrogen-bond acceptors (Lipinski definition) is 6. The number of aryl methyl sites for hydroxylation is 1. The molecule has 130 valence electrons. The highest BCUT2D eigenvalue weighted by molar-refractivity contribution is 7.90. The molecule has 0 saturated heterocycles. The van der Waals surface area contributed by atoms with Gasteiger partial charge in [-0.05, 0) is 25.0 Å². The lowest BCUT2D eigenvalue weighted by Gasteiger charge is -2.23. The van der Waals surface area contributed by atoms with E-state index in [-0.39, 0.29) is 12.1 Å². The second kappa shape index (κ2) is 6.78. The van der Waals surface area contributed by atoms with Gasteiger partial charge in [0, 0.05) is 18.9 Å². The molecule has 1 aliphatic rings. The van der Waals surface area contributed by atoms with Crippen LogP contribution in [0.4, 0.5) is 0 Å². The van der Waals surface area contributed by atoms with Gasteiger partial charge in [0.25, 0.3) is 0 Å². The third-order valence-corrected chi connectivity index (χ3v) is 6.40. The predicted octanol–water partition coefficient (Wildman–Crippen LogP) is 1.76. The summed E-state index contributed by atoms with van der Waals surface area (Å²) in [5.41, 5.74) is 0.855. The highest BCUT2D eigenvalue weighted by atomic mass is 32.2. The molecule has 2 aromatic rings. The lowest BCUT2D eigenvalue weighted by atomic mass is 9.93. The van der Waals surface area contributed by atoms with Crippen molar-refractivity contribution in [1.82, 2.24) is 9.78 Å². The lowest BCUT2D eigenvalue weighted by molar-refractivity contribution is 0.107. The number of sulfone groups is 1. The van der Waals surface area contributed by atoms with Crippen molar-refractivity contribution in [2.45, 2.75) is 42.7 Å². The maximum absolute atomic E-state index is 11.5. The number of aromatic nitrogens is 2. The highest BCUT2D eigenvalue weighted by Gasteiger charge is 2.22. The molecular formula is C16H21N3O3S2. The summed E-state index contributed by atoms with van der Waals surface area (Å²) in [5, 5.41) is 15.3. The molecule has 0 bridgehead atoms. The van der Waals surface area contributed by atoms with Gasteiger partial charge in [-0.25, -0.2) is 13.1 Å². The molecule has 0 aliphatic heterocycles. The number of aliphatic hydroxyl groups is 1. The largest absolute Gasteiger partial charge is 0.391 e. The molecule has 24 heavy (non-hydrogen) atoms. The van der Waals surface area contributed by atoms with Crippen LogP contribution in [0.25, 0.3) is 10.6 Å². The zero-order chi connectivity index (χ0) is 17.3. The number of rotatable bonds is 3. The van der Waals surface area contributed by atoms with Crippen molar-refractivity contribution in [3.8, 4) is 10.6 Å². The maximum Gasteiger partial charge on any atom is 0.203 e. The average molecular weight is 367 g/mol. The Morgan fingerprint density at radius 1 is 1.25 bits per heavy atom. The van der Waals surface area contributed by atoms with Crippen LogP contribution in [0.15, 0.2) is 34.2 Å². The van der Waals surface area contributed by atoms with Gasteiger partial charge in [0.2, 0.25) is 4.80 Å². The fourth-order valence-corrected chi connectivity index (χ4v) is 4.39. The number of nitrogens with zero attached hydrogens (tertiary/aromatic N) is 3. The molecule has 1 N–H and O–H groups in total. The van der Waals surface area contributed by atoms with Crippen molar-refractivity contribution >= 4 is 21.2 Å². The van der Waals surface area contributed by atoms with Crippen molar-refractivity contribution in [3.63, 3.8) is 0 Å². The van der Waals surface area contributed by atoms with Crippen molar-refractivity contribution in [2.24, 2.45) is 12.0 Å². The van der Waals surface area contributed by atoms with E-state index in [1.165, 1.54) is 17.6 Å². The molecule has 1 aromatic heterocycles. The molecule has 1 saturated carbocycles. The lowest BCUT2D eigenvalue weighted by Crippen LogP contribution is -2.30. The van der Waals surface area contributed by atoms with Crippen molar-refractivity contribution < 1.29 is 13.5 Å². The summed E-state index contributed by atoms with van der Waals surface area (Å²) in [6, 6.07) is 6.63. The van der Waals surface area contributed by atoms with E-state index in [1.54, 1.807) is 28.9 Å². The second-order valence-corrected chi connectivity index (χ2v) is 9.13. The van der Waals surface area contributed by atoms with Gasteiger partial charge in [0.05, 0.1) is 17.0 Å². The summed E-state index contributed by atoms with van der Waals surface area (Å²) >= 11 is 1.45. The summed E-state index contributed by atoms with van der Waals surface area (Å²) in [7, 11) is -1.37. The van der Waals surface area contributed by atoms with Crippen LogP contribution in [0.2, 0.25) is 0 Å². The molecule has 1 fully saturated rings. The molecule has 2 unspecified atom stereocenters. The topological polar surface area (TPSA) is 84.5 Å². The minimum absolute atomic E-state index is 0.0640. The first-order chi connectivity index (χ1) is 11.3. The number of benzene rings is 1. The van der Waals surface area contributed by atoms with Crippen LogP contribution in [0.3, 0.4) is 0 Å². The Kier molecular flexibility index (Phi) is 4.89. The van der Waals surface area contributed by atoms with Gasteiger partial charge in [0.15, 0.2) is 9.84 Å². The minimum atomic E-state index is -3.20. The Morgan fingerprint density at radius 2 is 1.92 bits per heavy atom. The van der Waals surface area contributed by atoms with E-state index in [0.717, 1.165) is 41.1 Å². The summed E-state index contributed by atoms with van der Waals surface area (Å²) in [6.45, 7) is 0. The van der Waals surface area contributed by atoms with Crippen LogP contribution in [0, 0.1) is 0 Å². The van der Waals surface area contributed by atoms with Crippen LogP contribution in [0.1, 0.15) is 25.7 Å². The third-order valence-electron chi connectivity index (χ3n) is 4.21. The molecular weight excluding hydrogens is 346 g/mol. The van der Waals surface area contributed by atoms with E-state index < -0.39 is 9.84 Å². The quantitative estimate of drug-likeness (QED) is 0.896. The predicted molar refractivity (Wildman–Crippen MR) is 93.5 cm³/mol. The minimum Gasteiger partial charge on any atom is -0.391 e. The molecule has 1 aromatic carbocycles. The Labute approximate surface area is 145 Å². The number of hydrogen-bond donors (Lipinski definition) is 1. The van der Waals surface area contributed by atoms with Gasteiger partial charge in [-0.1, -0.05) is 36.3 Å². The summed E-state index contributed by atoms with van der Waals surface area (Å²) in [4.78, 5) is 5.74. The molecule has 0 radical (unpaired) electrons. The molecule has 2 atom stereocenters. The second-order valence-electron chi connectivity index (χ2n) is 6.16. The Balaban J connectivity index is 1.91. The fourth-order valence-electron chi connectivity index (χ4n) is 2.81. The van der Waals surface area contributed by atoms with E-state index >= 15 is 0 Å². The van der Waals surface area contributed by atoms with Crippen molar-refractivity contribution in [3.05, 3.63) is 29.1 Å². The SMILES string of the molecule is Cn1nc(-c2ccc(S(C)(=O)=O)cc2)sc1=NC1CCCCC1O. The van der Waals surface area contributed by atoms with E-state index in [4.69, 9.17) is 0 Å². The van der Waals surface area contributed by atoms with Crippen molar-refractivity contribution in [1.29, 1.82) is 0 Å². The molecule has 0 spiro atoms. The first-order valence-corrected chi connectivity index (χ1v) is 10.6. The van der Waals surface area contributed by atoms with Crippen LogP contribution >= 0.6 is 11.3 Å². The van der Waals surface area contributed by atoms with E-state index in [2.05, 4.69) is 10.1 Å². The van der Waals surface area contributed by atoms with E-state index in [0.29, 0.717) is 4.90 Å². The maximum atomic E-state index is 11.5.